The van der Waals surface area contributed by atoms with Gasteiger partial charge < -0.3 is 9.47 Å². The lowest BCUT2D eigenvalue weighted by Gasteiger charge is -2.25. The SMILES string of the molecule is COC(=O)C(C(=O)OC)[C@@H](/C=C/c1ccc(Br)cc1)[C@@H]1CCCC1=O. The minimum atomic E-state index is -1.14. The summed E-state index contributed by atoms with van der Waals surface area (Å²) >= 11 is 3.38. The number of Topliss-reactive ketones (excluding diaryl/α,β-unsaturated/α-hetero) is 1. The maximum absolute atomic E-state index is 12.3. The molecule has 0 aliphatic heterocycles. The summed E-state index contributed by atoms with van der Waals surface area (Å²) in [4.78, 5) is 36.7. The Kier molecular flexibility index (Phi) is 6.93. The number of allylic oxidation sites excluding steroid dienone is 1. The molecule has 1 aromatic rings. The van der Waals surface area contributed by atoms with Gasteiger partial charge >= 0.3 is 11.9 Å². The predicted molar refractivity (Wildman–Crippen MR) is 96.5 cm³/mol. The van der Waals surface area contributed by atoms with Crippen LogP contribution in [-0.4, -0.2) is 31.9 Å². The van der Waals surface area contributed by atoms with Crippen LogP contribution in [0.4, 0.5) is 0 Å². The molecule has 1 saturated carbocycles. The first-order valence-electron chi connectivity index (χ1n) is 8.10. The summed E-state index contributed by atoms with van der Waals surface area (Å²) in [5, 5.41) is 0. The fourth-order valence-corrected chi connectivity index (χ4v) is 3.45. The first kappa shape index (κ1) is 19.4. The summed E-state index contributed by atoms with van der Waals surface area (Å²) in [5.74, 6) is -3.40. The fraction of sp³-hybridized carbons (Fsp3) is 0.421. The number of esters is 2. The van der Waals surface area contributed by atoms with Crippen LogP contribution >= 0.6 is 15.9 Å². The van der Waals surface area contributed by atoms with Gasteiger partial charge in [-0.2, -0.15) is 0 Å². The third kappa shape index (κ3) is 4.78. The molecule has 134 valence electrons. The van der Waals surface area contributed by atoms with E-state index in [1.165, 1.54) is 14.2 Å². The van der Waals surface area contributed by atoms with Gasteiger partial charge in [0.15, 0.2) is 5.92 Å². The third-order valence-corrected chi connectivity index (χ3v) is 5.02. The summed E-state index contributed by atoms with van der Waals surface area (Å²) in [7, 11) is 2.45. The Labute approximate surface area is 155 Å². The maximum Gasteiger partial charge on any atom is 0.320 e. The van der Waals surface area contributed by atoms with Crippen molar-refractivity contribution in [1.29, 1.82) is 0 Å². The molecule has 1 fully saturated rings. The maximum atomic E-state index is 12.3. The summed E-state index contributed by atoms with van der Waals surface area (Å²) in [6.07, 6.45) is 5.47. The Morgan fingerprint density at radius 1 is 1.16 bits per heavy atom. The topological polar surface area (TPSA) is 69.7 Å². The first-order valence-corrected chi connectivity index (χ1v) is 8.89. The highest BCUT2D eigenvalue weighted by atomic mass is 79.9. The zero-order chi connectivity index (χ0) is 18.4. The van der Waals surface area contributed by atoms with Gasteiger partial charge in [0.1, 0.15) is 5.78 Å². The molecule has 0 radical (unpaired) electrons. The minimum Gasteiger partial charge on any atom is -0.468 e. The van der Waals surface area contributed by atoms with Gasteiger partial charge in [-0.25, -0.2) is 0 Å². The van der Waals surface area contributed by atoms with Crippen LogP contribution in [0.5, 0.6) is 0 Å². The van der Waals surface area contributed by atoms with Crippen LogP contribution in [0.1, 0.15) is 24.8 Å². The van der Waals surface area contributed by atoms with Crippen LogP contribution in [-0.2, 0) is 23.9 Å². The Morgan fingerprint density at radius 2 is 1.76 bits per heavy atom. The van der Waals surface area contributed by atoms with Crippen LogP contribution in [0.15, 0.2) is 34.8 Å². The number of methoxy groups -OCH3 is 2. The molecule has 6 heteroatoms. The van der Waals surface area contributed by atoms with Crippen molar-refractivity contribution >= 4 is 39.7 Å². The van der Waals surface area contributed by atoms with E-state index < -0.39 is 23.8 Å². The molecule has 0 heterocycles. The van der Waals surface area contributed by atoms with Gasteiger partial charge in [0, 0.05) is 22.7 Å². The van der Waals surface area contributed by atoms with Crippen molar-refractivity contribution < 1.29 is 23.9 Å². The van der Waals surface area contributed by atoms with Crippen molar-refractivity contribution in [3.05, 3.63) is 40.4 Å². The van der Waals surface area contributed by atoms with Crippen LogP contribution < -0.4 is 0 Å². The highest BCUT2D eigenvalue weighted by Gasteiger charge is 2.43. The Balaban J connectivity index is 2.37. The number of ether oxygens (including phenoxy) is 2. The molecule has 0 spiro atoms. The summed E-state index contributed by atoms with van der Waals surface area (Å²) in [6.45, 7) is 0. The third-order valence-electron chi connectivity index (χ3n) is 4.49. The second kappa shape index (κ2) is 8.94. The van der Waals surface area contributed by atoms with Gasteiger partial charge in [0.25, 0.3) is 0 Å². The van der Waals surface area contributed by atoms with E-state index in [1.54, 1.807) is 6.08 Å². The number of benzene rings is 1. The van der Waals surface area contributed by atoms with E-state index in [4.69, 9.17) is 9.47 Å². The first-order chi connectivity index (χ1) is 12.0. The lowest BCUT2D eigenvalue weighted by atomic mass is 9.79. The smallest absolute Gasteiger partial charge is 0.320 e. The van der Waals surface area contributed by atoms with Crippen molar-refractivity contribution in [2.24, 2.45) is 17.8 Å². The van der Waals surface area contributed by atoms with E-state index in [1.807, 2.05) is 30.3 Å². The lowest BCUT2D eigenvalue weighted by Crippen LogP contribution is -2.37. The average Bonchev–Trinajstić information content (AvgIpc) is 3.04. The van der Waals surface area contributed by atoms with Crippen molar-refractivity contribution in [1.82, 2.24) is 0 Å². The summed E-state index contributed by atoms with van der Waals surface area (Å²) < 4.78 is 10.5. The van der Waals surface area contributed by atoms with Crippen LogP contribution in [0.25, 0.3) is 6.08 Å². The van der Waals surface area contributed by atoms with Gasteiger partial charge in [-0.1, -0.05) is 40.2 Å². The van der Waals surface area contributed by atoms with Crippen LogP contribution in [0.2, 0.25) is 0 Å². The minimum absolute atomic E-state index is 0.0725. The van der Waals surface area contributed by atoms with Crippen molar-refractivity contribution in [3.8, 4) is 0 Å². The van der Waals surface area contributed by atoms with E-state index in [-0.39, 0.29) is 11.7 Å². The molecule has 0 aromatic heterocycles. The largest absolute Gasteiger partial charge is 0.468 e. The normalized spacial score (nSPS) is 18.6. The molecular weight excluding hydrogens is 388 g/mol. The molecule has 0 N–H and O–H groups in total. The fourth-order valence-electron chi connectivity index (χ4n) is 3.19. The number of carbonyl (C=O) groups is 3. The van der Waals surface area contributed by atoms with E-state index >= 15 is 0 Å². The van der Waals surface area contributed by atoms with Crippen LogP contribution in [0.3, 0.4) is 0 Å². The van der Waals surface area contributed by atoms with Gasteiger partial charge in [-0.15, -0.1) is 0 Å². The number of hydrogen-bond donors (Lipinski definition) is 0. The quantitative estimate of drug-likeness (QED) is 0.532. The molecule has 1 aliphatic rings. The number of ketones is 1. The van der Waals surface area contributed by atoms with E-state index in [0.717, 1.165) is 16.5 Å². The average molecular weight is 409 g/mol. The number of hydrogen-bond acceptors (Lipinski definition) is 5. The number of rotatable bonds is 6. The van der Waals surface area contributed by atoms with Gasteiger partial charge in [-0.05, 0) is 30.5 Å². The lowest BCUT2D eigenvalue weighted by molar-refractivity contribution is -0.161. The zero-order valence-corrected chi connectivity index (χ0v) is 15.8. The van der Waals surface area contributed by atoms with Gasteiger partial charge in [-0.3, -0.25) is 14.4 Å². The highest BCUT2D eigenvalue weighted by molar-refractivity contribution is 9.10. The Bertz CT molecular complexity index is 649. The molecule has 2 rings (SSSR count). The van der Waals surface area contributed by atoms with Gasteiger partial charge in [0.05, 0.1) is 14.2 Å². The summed E-state index contributed by atoms with van der Waals surface area (Å²) in [5.41, 5.74) is 0.909. The number of carbonyl (C=O) groups excluding carboxylic acids is 3. The van der Waals surface area contributed by atoms with Crippen molar-refractivity contribution in [3.63, 3.8) is 0 Å². The monoisotopic (exact) mass is 408 g/mol. The van der Waals surface area contributed by atoms with Gasteiger partial charge in [0.2, 0.25) is 0 Å². The standard InChI is InChI=1S/C19H21BrO5/c1-24-18(22)17(19(23)25-2)15(14-4-3-5-16(14)21)11-8-12-6-9-13(20)10-7-12/h6-11,14-15,17H,3-5H2,1-2H3/b11-8+/t14-,15-/m0/s1. The molecule has 1 aromatic carbocycles. The van der Waals surface area contributed by atoms with E-state index in [9.17, 15) is 14.4 Å². The molecule has 0 amide bonds. The molecule has 5 nitrogen and oxygen atoms in total. The molecule has 25 heavy (non-hydrogen) atoms. The zero-order valence-electron chi connectivity index (χ0n) is 14.2. The second-order valence-corrected chi connectivity index (χ2v) is 6.89. The molecule has 0 bridgehead atoms. The van der Waals surface area contributed by atoms with Crippen LogP contribution in [0, 0.1) is 17.8 Å². The van der Waals surface area contributed by atoms with E-state index in [2.05, 4.69) is 15.9 Å². The Morgan fingerprint density at radius 3 is 2.24 bits per heavy atom. The molecule has 1 aliphatic carbocycles. The van der Waals surface area contributed by atoms with Crippen molar-refractivity contribution in [2.75, 3.05) is 14.2 Å². The predicted octanol–water partition coefficient (Wildman–Crippen LogP) is 3.41. The van der Waals surface area contributed by atoms with E-state index in [0.29, 0.717) is 12.8 Å². The summed E-state index contributed by atoms with van der Waals surface area (Å²) in [6, 6.07) is 7.60. The molecule has 2 atom stereocenters. The number of halogens is 1. The second-order valence-electron chi connectivity index (χ2n) is 5.98. The Hall–Kier alpha value is -1.95. The molecule has 0 unspecified atom stereocenters. The highest BCUT2D eigenvalue weighted by Crippen LogP contribution is 2.35. The molecule has 0 saturated heterocycles. The molecular formula is C19H21BrO5. The van der Waals surface area contributed by atoms with Crippen molar-refractivity contribution in [2.45, 2.75) is 19.3 Å².